The van der Waals surface area contributed by atoms with Crippen molar-refractivity contribution in [3.63, 3.8) is 0 Å². The van der Waals surface area contributed by atoms with Crippen LogP contribution in [0.15, 0.2) is 57.0 Å². The second kappa shape index (κ2) is 6.73. The van der Waals surface area contributed by atoms with Gasteiger partial charge in [0.1, 0.15) is 0 Å². The van der Waals surface area contributed by atoms with Crippen LogP contribution in [0.5, 0.6) is 0 Å². The summed E-state index contributed by atoms with van der Waals surface area (Å²) in [5.41, 5.74) is 3.07. The van der Waals surface area contributed by atoms with Crippen LogP contribution in [0.3, 0.4) is 0 Å². The van der Waals surface area contributed by atoms with Crippen LogP contribution in [-0.2, 0) is 0 Å². The molecule has 0 aromatic carbocycles. The maximum atomic E-state index is 3.73. The zero-order valence-electron chi connectivity index (χ0n) is 10.4. The Balaban J connectivity index is 2.95. The topological polar surface area (TPSA) is 0 Å². The normalized spacial score (nSPS) is 18.7. The molecular formula is C15H20Se. The third kappa shape index (κ3) is 3.66. The molecule has 86 valence electrons. The van der Waals surface area contributed by atoms with Crippen LogP contribution in [0.25, 0.3) is 0 Å². The van der Waals surface area contributed by atoms with Gasteiger partial charge in [-0.25, -0.2) is 0 Å². The average Bonchev–Trinajstić information content (AvgIpc) is 2.40. The molecule has 0 N–H and O–H groups in total. The SMILES string of the molecule is C=C/C=C\C1=C(C)CCC(/C=C\C)=C(C)[Se]1. The fourth-order valence-corrected chi connectivity index (χ4v) is 3.88. The molecular weight excluding hydrogens is 259 g/mol. The molecule has 0 spiro atoms. The van der Waals surface area contributed by atoms with Gasteiger partial charge in [-0.1, -0.05) is 0 Å². The summed E-state index contributed by atoms with van der Waals surface area (Å²) in [6.45, 7) is 10.4. The third-order valence-electron chi connectivity index (χ3n) is 2.66. The summed E-state index contributed by atoms with van der Waals surface area (Å²) in [5.74, 6) is 0. The van der Waals surface area contributed by atoms with Gasteiger partial charge < -0.3 is 0 Å². The van der Waals surface area contributed by atoms with Gasteiger partial charge in [-0.2, -0.15) is 0 Å². The predicted octanol–water partition coefficient (Wildman–Crippen LogP) is 4.35. The van der Waals surface area contributed by atoms with Gasteiger partial charge >= 0.3 is 106 Å². The van der Waals surface area contributed by atoms with Crippen molar-refractivity contribution in [2.75, 3.05) is 0 Å². The molecule has 1 heteroatoms. The van der Waals surface area contributed by atoms with E-state index in [2.05, 4.69) is 51.7 Å². The average molecular weight is 279 g/mol. The molecule has 1 aliphatic rings. The predicted molar refractivity (Wildman–Crippen MR) is 74.5 cm³/mol. The van der Waals surface area contributed by atoms with E-state index in [1.807, 2.05) is 6.08 Å². The molecule has 0 unspecified atom stereocenters. The number of rotatable bonds is 3. The summed E-state index contributed by atoms with van der Waals surface area (Å²) in [4.78, 5) is 0. The third-order valence-corrected chi connectivity index (χ3v) is 5.33. The summed E-state index contributed by atoms with van der Waals surface area (Å²) >= 11 is 0.481. The number of hydrogen-bond donors (Lipinski definition) is 0. The minimum absolute atomic E-state index is 0.481. The Bertz CT molecular complexity index is 378. The molecule has 0 fully saturated rings. The summed E-state index contributed by atoms with van der Waals surface area (Å²) < 4.78 is 3.08. The van der Waals surface area contributed by atoms with Gasteiger partial charge in [0, 0.05) is 0 Å². The molecule has 0 atom stereocenters. The fraction of sp³-hybridized carbons (Fsp3) is 0.333. The van der Waals surface area contributed by atoms with Crippen molar-refractivity contribution >= 4 is 15.0 Å². The van der Waals surface area contributed by atoms with Crippen molar-refractivity contribution in [2.24, 2.45) is 0 Å². The monoisotopic (exact) mass is 280 g/mol. The van der Waals surface area contributed by atoms with Crippen molar-refractivity contribution in [1.29, 1.82) is 0 Å². The molecule has 0 nitrogen and oxygen atoms in total. The van der Waals surface area contributed by atoms with Crippen molar-refractivity contribution in [3.8, 4) is 0 Å². The molecule has 0 amide bonds. The van der Waals surface area contributed by atoms with Gasteiger partial charge in [-0.05, 0) is 0 Å². The molecule has 0 saturated heterocycles. The zero-order chi connectivity index (χ0) is 12.0. The van der Waals surface area contributed by atoms with Crippen LogP contribution in [0.2, 0.25) is 0 Å². The molecule has 1 rings (SSSR count). The van der Waals surface area contributed by atoms with E-state index >= 15 is 0 Å². The van der Waals surface area contributed by atoms with Crippen LogP contribution in [0.1, 0.15) is 33.6 Å². The van der Waals surface area contributed by atoms with Crippen LogP contribution < -0.4 is 0 Å². The van der Waals surface area contributed by atoms with Crippen LogP contribution in [-0.4, -0.2) is 15.0 Å². The van der Waals surface area contributed by atoms with E-state index in [4.69, 9.17) is 0 Å². The summed E-state index contributed by atoms with van der Waals surface area (Å²) in [6, 6.07) is 0. The Kier molecular flexibility index (Phi) is 5.59. The summed E-state index contributed by atoms with van der Waals surface area (Å²) in [6.07, 6.45) is 12.9. The Morgan fingerprint density at radius 2 is 1.94 bits per heavy atom. The second-order valence-corrected chi connectivity index (χ2v) is 6.56. The van der Waals surface area contributed by atoms with Crippen molar-refractivity contribution in [3.05, 3.63) is 57.0 Å². The molecule has 0 aliphatic carbocycles. The fourth-order valence-electron chi connectivity index (χ4n) is 1.67. The van der Waals surface area contributed by atoms with Gasteiger partial charge in [0.2, 0.25) is 0 Å². The van der Waals surface area contributed by atoms with E-state index in [1.54, 1.807) is 4.47 Å². The van der Waals surface area contributed by atoms with Crippen molar-refractivity contribution in [1.82, 2.24) is 0 Å². The van der Waals surface area contributed by atoms with Gasteiger partial charge in [0.25, 0.3) is 0 Å². The first-order valence-electron chi connectivity index (χ1n) is 5.68. The first kappa shape index (κ1) is 13.3. The molecule has 0 saturated carbocycles. The Hall–Kier alpha value is -0.781. The van der Waals surface area contributed by atoms with E-state index < -0.39 is 0 Å². The van der Waals surface area contributed by atoms with Gasteiger partial charge in [-0.15, -0.1) is 0 Å². The van der Waals surface area contributed by atoms with Gasteiger partial charge in [0.15, 0.2) is 0 Å². The van der Waals surface area contributed by atoms with E-state index in [0.717, 1.165) is 0 Å². The standard InChI is InChI=1S/C15H20Se/c1-5-7-9-15-12(3)10-11-14(8-6-2)13(4)16-15/h5-9H,1,10-11H2,2-4H3/b8-6-,9-7-. The van der Waals surface area contributed by atoms with Crippen LogP contribution in [0.4, 0.5) is 0 Å². The van der Waals surface area contributed by atoms with Gasteiger partial charge in [0.05, 0.1) is 0 Å². The summed E-state index contributed by atoms with van der Waals surface area (Å²) in [5, 5.41) is 0. The first-order chi connectivity index (χ1) is 7.69. The molecule has 16 heavy (non-hydrogen) atoms. The number of allylic oxidation sites excluding steroid dienone is 9. The van der Waals surface area contributed by atoms with Gasteiger partial charge in [-0.3, -0.25) is 0 Å². The van der Waals surface area contributed by atoms with E-state index in [9.17, 15) is 0 Å². The Morgan fingerprint density at radius 1 is 1.19 bits per heavy atom. The molecule has 1 aliphatic heterocycles. The molecule has 1 heterocycles. The van der Waals surface area contributed by atoms with Crippen molar-refractivity contribution < 1.29 is 0 Å². The maximum absolute atomic E-state index is 3.73. The first-order valence-corrected chi connectivity index (χ1v) is 7.39. The van der Waals surface area contributed by atoms with E-state index in [0.29, 0.717) is 15.0 Å². The minimum atomic E-state index is 0.481. The molecule has 0 bridgehead atoms. The zero-order valence-corrected chi connectivity index (χ0v) is 12.1. The number of hydrogen-bond acceptors (Lipinski definition) is 0. The van der Waals surface area contributed by atoms with E-state index in [-0.39, 0.29) is 0 Å². The molecule has 0 aromatic heterocycles. The van der Waals surface area contributed by atoms with Crippen LogP contribution >= 0.6 is 0 Å². The molecule has 0 aromatic rings. The molecule has 0 radical (unpaired) electrons. The quantitative estimate of drug-likeness (QED) is 0.532. The Morgan fingerprint density at radius 3 is 2.56 bits per heavy atom. The summed E-state index contributed by atoms with van der Waals surface area (Å²) in [7, 11) is 0. The van der Waals surface area contributed by atoms with Crippen molar-refractivity contribution in [2.45, 2.75) is 33.6 Å². The Labute approximate surface area is 106 Å². The van der Waals surface area contributed by atoms with E-state index in [1.165, 1.54) is 28.5 Å². The second-order valence-electron chi connectivity index (χ2n) is 3.92. The van der Waals surface area contributed by atoms with Crippen LogP contribution in [0, 0.1) is 0 Å².